The van der Waals surface area contributed by atoms with Gasteiger partial charge in [-0.05, 0) is 60.7 Å². The highest BCUT2D eigenvalue weighted by Gasteiger charge is 2.11. The Bertz CT molecular complexity index is 1180. The van der Waals surface area contributed by atoms with Gasteiger partial charge in [0.05, 0.1) is 13.4 Å². The van der Waals surface area contributed by atoms with E-state index < -0.39 is 0 Å². The molecule has 1 amide bonds. The first-order chi connectivity index (χ1) is 14.6. The molecule has 2 aromatic carbocycles. The van der Waals surface area contributed by atoms with Gasteiger partial charge in [0.2, 0.25) is 5.91 Å². The third kappa shape index (κ3) is 4.31. The van der Waals surface area contributed by atoms with Crippen molar-refractivity contribution in [1.29, 1.82) is 0 Å². The molecule has 8 nitrogen and oxygen atoms in total. The van der Waals surface area contributed by atoms with Gasteiger partial charge in [-0.2, -0.15) is 5.10 Å². The second-order valence-corrected chi connectivity index (χ2v) is 6.93. The number of carbonyl (C=O) groups is 1. The van der Waals surface area contributed by atoms with Crippen molar-refractivity contribution in [2.75, 3.05) is 12.4 Å². The van der Waals surface area contributed by atoms with Gasteiger partial charge in [-0.3, -0.25) is 14.5 Å². The number of aromatic nitrogens is 5. The molecule has 0 bridgehead atoms. The van der Waals surface area contributed by atoms with Crippen LogP contribution in [0.2, 0.25) is 0 Å². The van der Waals surface area contributed by atoms with Crippen molar-refractivity contribution < 1.29 is 9.53 Å². The lowest BCUT2D eigenvalue weighted by molar-refractivity contribution is -0.116. The third-order valence-corrected chi connectivity index (χ3v) is 4.93. The number of anilines is 1. The quantitative estimate of drug-likeness (QED) is 0.444. The molecule has 0 aliphatic heterocycles. The molecule has 0 spiro atoms. The number of H-pyrrole nitrogens is 1. The van der Waals surface area contributed by atoms with Gasteiger partial charge in [-0.25, -0.2) is 4.98 Å². The highest BCUT2D eigenvalue weighted by atomic mass is 32.1. The monoisotopic (exact) mass is 420 g/mol. The number of methoxy groups -OCH3 is 1. The van der Waals surface area contributed by atoms with Gasteiger partial charge in [0.15, 0.2) is 10.6 Å². The largest absolute Gasteiger partial charge is 0.497 e. The Hall–Kier alpha value is -3.72. The van der Waals surface area contributed by atoms with Gasteiger partial charge in [-0.15, -0.1) is 0 Å². The zero-order chi connectivity index (χ0) is 20.9. The first-order valence-electron chi connectivity index (χ1n) is 9.32. The molecule has 4 rings (SSSR count). The van der Waals surface area contributed by atoms with Crippen molar-refractivity contribution in [2.24, 2.45) is 0 Å². The van der Waals surface area contributed by atoms with Crippen LogP contribution in [0.1, 0.15) is 6.42 Å². The van der Waals surface area contributed by atoms with E-state index in [2.05, 4.69) is 20.5 Å². The number of nitrogens with one attached hydrogen (secondary N) is 2. The first kappa shape index (κ1) is 19.6. The van der Waals surface area contributed by atoms with E-state index in [1.165, 1.54) is 0 Å². The molecular formula is C21H20N6O2S. The Balaban J connectivity index is 1.40. The maximum absolute atomic E-state index is 12.4. The van der Waals surface area contributed by atoms with Crippen molar-refractivity contribution in [3.63, 3.8) is 0 Å². The van der Waals surface area contributed by atoms with Crippen LogP contribution in [0.25, 0.3) is 17.1 Å². The lowest BCUT2D eigenvalue weighted by Crippen LogP contribution is -2.15. The topological polar surface area (TPSA) is 89.8 Å². The molecule has 0 saturated heterocycles. The summed E-state index contributed by atoms with van der Waals surface area (Å²) in [6, 6.07) is 15.1. The molecule has 2 N–H and O–H groups in total. The number of imidazole rings is 1. The summed E-state index contributed by atoms with van der Waals surface area (Å²) >= 11 is 5.34. The van der Waals surface area contributed by atoms with Crippen molar-refractivity contribution in [3.05, 3.63) is 72.0 Å². The molecule has 30 heavy (non-hydrogen) atoms. The number of ether oxygens (including phenoxy) is 1. The highest BCUT2D eigenvalue weighted by molar-refractivity contribution is 7.71. The van der Waals surface area contributed by atoms with Crippen LogP contribution in [-0.2, 0) is 11.3 Å². The number of hydrogen-bond acceptors (Lipinski definition) is 5. The molecular weight excluding hydrogens is 400 g/mol. The fourth-order valence-corrected chi connectivity index (χ4v) is 3.27. The van der Waals surface area contributed by atoms with E-state index in [4.69, 9.17) is 17.0 Å². The first-order valence-corrected chi connectivity index (χ1v) is 9.73. The van der Waals surface area contributed by atoms with Crippen LogP contribution in [0.15, 0.2) is 67.3 Å². The summed E-state index contributed by atoms with van der Waals surface area (Å²) in [5.74, 6) is 1.34. The van der Waals surface area contributed by atoms with Crippen molar-refractivity contribution in [2.45, 2.75) is 13.0 Å². The van der Waals surface area contributed by atoms with Crippen LogP contribution in [0.5, 0.6) is 5.75 Å². The van der Waals surface area contributed by atoms with Gasteiger partial charge in [0.25, 0.3) is 0 Å². The van der Waals surface area contributed by atoms with E-state index >= 15 is 0 Å². The van der Waals surface area contributed by atoms with Crippen LogP contribution in [-0.4, -0.2) is 37.3 Å². The number of nitrogens with zero attached hydrogens (tertiary/aromatic N) is 4. The second kappa shape index (κ2) is 8.75. The Morgan fingerprint density at radius 3 is 2.60 bits per heavy atom. The summed E-state index contributed by atoms with van der Waals surface area (Å²) < 4.78 is 9.38. The van der Waals surface area contributed by atoms with Crippen molar-refractivity contribution in [3.8, 4) is 22.8 Å². The number of aromatic amines is 1. The van der Waals surface area contributed by atoms with E-state index in [-0.39, 0.29) is 12.3 Å². The molecule has 0 unspecified atom stereocenters. The minimum atomic E-state index is -0.103. The SMILES string of the molecule is COc1ccc(-c2n[nH]c(=S)n2CCC(=O)Nc2ccc(-n3ccnc3)cc2)cc1. The number of amides is 1. The summed E-state index contributed by atoms with van der Waals surface area (Å²) in [5, 5.41) is 10.0. The van der Waals surface area contributed by atoms with Gasteiger partial charge in [0, 0.05) is 42.3 Å². The molecule has 9 heteroatoms. The van der Waals surface area contributed by atoms with E-state index in [1.54, 1.807) is 19.6 Å². The standard InChI is InChI=1S/C21H20N6O2S/c1-29-18-8-2-15(3-9-18)20-24-25-21(30)27(20)12-10-19(28)23-16-4-6-17(7-5-16)26-13-11-22-14-26/h2-9,11,13-14H,10,12H2,1H3,(H,23,28)(H,25,30). The normalized spacial score (nSPS) is 10.7. The maximum atomic E-state index is 12.4. The minimum absolute atomic E-state index is 0.103. The molecule has 0 atom stereocenters. The summed E-state index contributed by atoms with van der Waals surface area (Å²) in [6.07, 6.45) is 5.57. The van der Waals surface area contributed by atoms with Crippen LogP contribution >= 0.6 is 12.2 Å². The maximum Gasteiger partial charge on any atom is 0.226 e. The highest BCUT2D eigenvalue weighted by Crippen LogP contribution is 2.21. The molecule has 0 radical (unpaired) electrons. The predicted molar refractivity (Wildman–Crippen MR) is 116 cm³/mol. The predicted octanol–water partition coefficient (Wildman–Crippen LogP) is 3.83. The Kier molecular flexibility index (Phi) is 5.71. The van der Waals surface area contributed by atoms with Crippen LogP contribution < -0.4 is 10.1 Å². The fourth-order valence-electron chi connectivity index (χ4n) is 3.05. The zero-order valence-electron chi connectivity index (χ0n) is 16.3. The average Bonchev–Trinajstić information content (AvgIpc) is 3.43. The van der Waals surface area contributed by atoms with Crippen molar-refractivity contribution in [1.82, 2.24) is 24.3 Å². The van der Waals surface area contributed by atoms with Crippen LogP contribution in [0, 0.1) is 4.77 Å². The Morgan fingerprint density at radius 2 is 1.93 bits per heavy atom. The van der Waals surface area contributed by atoms with E-state index in [0.29, 0.717) is 17.1 Å². The van der Waals surface area contributed by atoms with Gasteiger partial charge < -0.3 is 14.6 Å². The van der Waals surface area contributed by atoms with Gasteiger partial charge in [-0.1, -0.05) is 0 Å². The molecule has 0 aliphatic carbocycles. The molecule has 0 aliphatic rings. The summed E-state index contributed by atoms with van der Waals surface area (Å²) in [7, 11) is 1.62. The lowest BCUT2D eigenvalue weighted by Gasteiger charge is -2.09. The van der Waals surface area contributed by atoms with Crippen LogP contribution in [0.3, 0.4) is 0 Å². The van der Waals surface area contributed by atoms with E-state index in [0.717, 1.165) is 22.7 Å². The summed E-state index contributed by atoms with van der Waals surface area (Å²) in [5.41, 5.74) is 2.59. The zero-order valence-corrected chi connectivity index (χ0v) is 17.1. The average molecular weight is 420 g/mol. The Morgan fingerprint density at radius 1 is 1.17 bits per heavy atom. The summed E-state index contributed by atoms with van der Waals surface area (Å²) in [6.45, 7) is 0.412. The summed E-state index contributed by atoms with van der Waals surface area (Å²) in [4.78, 5) is 16.5. The fraction of sp³-hybridized carbons (Fsp3) is 0.143. The Labute approximate surface area is 178 Å². The number of benzene rings is 2. The van der Waals surface area contributed by atoms with E-state index in [9.17, 15) is 4.79 Å². The van der Waals surface area contributed by atoms with Crippen molar-refractivity contribution >= 4 is 23.8 Å². The number of rotatable bonds is 7. The molecule has 2 heterocycles. The number of carbonyl (C=O) groups excluding carboxylic acids is 1. The molecule has 152 valence electrons. The third-order valence-electron chi connectivity index (χ3n) is 4.62. The van der Waals surface area contributed by atoms with E-state index in [1.807, 2.05) is 63.9 Å². The molecule has 4 aromatic rings. The smallest absolute Gasteiger partial charge is 0.226 e. The molecule has 0 fully saturated rings. The number of hydrogen-bond donors (Lipinski definition) is 2. The molecule has 0 saturated carbocycles. The molecule has 2 aromatic heterocycles. The van der Waals surface area contributed by atoms with Crippen LogP contribution in [0.4, 0.5) is 5.69 Å². The minimum Gasteiger partial charge on any atom is -0.497 e. The second-order valence-electron chi connectivity index (χ2n) is 6.55. The van der Waals surface area contributed by atoms with Gasteiger partial charge in [0.1, 0.15) is 5.75 Å². The lowest BCUT2D eigenvalue weighted by atomic mass is 10.2. The van der Waals surface area contributed by atoms with Gasteiger partial charge >= 0.3 is 0 Å².